The number of hydrogen-bond acceptors (Lipinski definition) is 1. The second-order valence-electron chi connectivity index (χ2n) is 6.52. The Balaban J connectivity index is 1.97. The van der Waals surface area contributed by atoms with Crippen molar-refractivity contribution >= 4 is 0 Å². The molecule has 0 amide bonds. The molecule has 4 bridgehead atoms. The van der Waals surface area contributed by atoms with Gasteiger partial charge in [-0.15, -0.1) is 0 Å². The van der Waals surface area contributed by atoms with Gasteiger partial charge in [0.15, 0.2) is 0 Å². The van der Waals surface area contributed by atoms with E-state index in [1.54, 1.807) is 0 Å². The molecule has 0 aromatic heterocycles. The molecule has 1 heteroatoms. The van der Waals surface area contributed by atoms with E-state index in [-0.39, 0.29) is 0 Å². The predicted molar refractivity (Wildman–Crippen MR) is 58.8 cm³/mol. The Hall–Kier alpha value is -0.0400. The zero-order valence-corrected chi connectivity index (χ0v) is 9.50. The van der Waals surface area contributed by atoms with Crippen molar-refractivity contribution in [3.8, 4) is 0 Å². The molecular weight excluding hydrogens is 170 g/mol. The molecule has 3 atom stereocenters. The minimum atomic E-state index is 0.523. The van der Waals surface area contributed by atoms with Crippen molar-refractivity contribution in [2.75, 3.05) is 0 Å². The van der Waals surface area contributed by atoms with Crippen LogP contribution in [0.5, 0.6) is 0 Å². The molecule has 14 heavy (non-hydrogen) atoms. The van der Waals surface area contributed by atoms with Crippen LogP contribution in [0.15, 0.2) is 0 Å². The molecular formula is C13H23N. The second kappa shape index (κ2) is 2.75. The van der Waals surface area contributed by atoms with E-state index in [2.05, 4.69) is 13.8 Å². The summed E-state index contributed by atoms with van der Waals surface area (Å²) in [6, 6.07) is 0.523. The third-order valence-electron chi connectivity index (χ3n) is 5.60. The van der Waals surface area contributed by atoms with Crippen molar-refractivity contribution in [3.63, 3.8) is 0 Å². The van der Waals surface area contributed by atoms with Gasteiger partial charge in [0.1, 0.15) is 0 Å². The van der Waals surface area contributed by atoms with E-state index in [0.717, 1.165) is 23.7 Å². The van der Waals surface area contributed by atoms with Gasteiger partial charge in [-0.3, -0.25) is 0 Å². The highest BCUT2D eigenvalue weighted by atomic mass is 14.8. The molecule has 0 aliphatic heterocycles. The largest absolute Gasteiger partial charge is 0.327 e. The number of hydrogen-bond donors (Lipinski definition) is 1. The maximum atomic E-state index is 6.50. The lowest BCUT2D eigenvalue weighted by molar-refractivity contribution is -0.0973. The van der Waals surface area contributed by atoms with Crippen molar-refractivity contribution < 1.29 is 0 Å². The van der Waals surface area contributed by atoms with E-state index in [4.69, 9.17) is 5.73 Å². The fourth-order valence-electron chi connectivity index (χ4n) is 5.00. The summed E-state index contributed by atoms with van der Waals surface area (Å²) in [5.74, 6) is 3.75. The van der Waals surface area contributed by atoms with E-state index in [9.17, 15) is 0 Å². The Kier molecular flexibility index (Phi) is 1.81. The van der Waals surface area contributed by atoms with Crippen LogP contribution in [0.25, 0.3) is 0 Å². The average molecular weight is 193 g/mol. The molecule has 0 heterocycles. The van der Waals surface area contributed by atoms with E-state index in [0.29, 0.717) is 11.5 Å². The van der Waals surface area contributed by atoms with Crippen LogP contribution < -0.4 is 5.73 Å². The van der Waals surface area contributed by atoms with Crippen LogP contribution in [0.3, 0.4) is 0 Å². The Labute approximate surface area is 87.4 Å². The molecule has 4 saturated carbocycles. The highest BCUT2D eigenvalue weighted by molar-refractivity contribution is 5.09. The first kappa shape index (κ1) is 9.21. The summed E-state index contributed by atoms with van der Waals surface area (Å²) in [4.78, 5) is 0. The van der Waals surface area contributed by atoms with Crippen LogP contribution in [0.1, 0.15) is 46.0 Å². The van der Waals surface area contributed by atoms with Crippen LogP contribution in [0, 0.1) is 29.1 Å². The first-order valence-corrected chi connectivity index (χ1v) is 6.37. The van der Waals surface area contributed by atoms with E-state index in [1.807, 2.05) is 0 Å². The summed E-state index contributed by atoms with van der Waals surface area (Å²) < 4.78 is 0. The maximum absolute atomic E-state index is 6.50. The lowest BCUT2D eigenvalue weighted by atomic mass is 9.45. The van der Waals surface area contributed by atoms with Crippen molar-refractivity contribution in [2.24, 2.45) is 34.8 Å². The first-order chi connectivity index (χ1) is 6.62. The van der Waals surface area contributed by atoms with Gasteiger partial charge in [0.25, 0.3) is 0 Å². The molecule has 0 aromatic carbocycles. The van der Waals surface area contributed by atoms with Crippen molar-refractivity contribution in [3.05, 3.63) is 0 Å². The quantitative estimate of drug-likeness (QED) is 0.681. The predicted octanol–water partition coefficient (Wildman–Crippen LogP) is 2.80. The van der Waals surface area contributed by atoms with Crippen LogP contribution in [0.2, 0.25) is 0 Å². The van der Waals surface area contributed by atoms with Gasteiger partial charge in [-0.1, -0.05) is 13.8 Å². The fourth-order valence-corrected chi connectivity index (χ4v) is 5.00. The van der Waals surface area contributed by atoms with Gasteiger partial charge in [-0.05, 0) is 61.2 Å². The third-order valence-corrected chi connectivity index (χ3v) is 5.60. The molecule has 4 fully saturated rings. The molecule has 4 aliphatic rings. The standard InChI is InChI=1S/C13H23N/c1-8(2)13-6-9-3-10(7-13)5-11(4-9)12(13)14/h8-12H,3-7,14H2,1-2H3. The number of rotatable bonds is 1. The van der Waals surface area contributed by atoms with E-state index in [1.165, 1.54) is 32.1 Å². The SMILES string of the molecule is CC(C)C12CC3CC(CC(C3)C1N)C2. The van der Waals surface area contributed by atoms with Crippen molar-refractivity contribution in [2.45, 2.75) is 52.0 Å². The van der Waals surface area contributed by atoms with Gasteiger partial charge in [0, 0.05) is 6.04 Å². The normalized spacial score (nSPS) is 55.7. The molecule has 80 valence electrons. The Morgan fingerprint density at radius 2 is 1.64 bits per heavy atom. The van der Waals surface area contributed by atoms with Crippen molar-refractivity contribution in [1.29, 1.82) is 0 Å². The molecule has 0 spiro atoms. The van der Waals surface area contributed by atoms with Gasteiger partial charge >= 0.3 is 0 Å². The van der Waals surface area contributed by atoms with Crippen LogP contribution in [0.4, 0.5) is 0 Å². The fraction of sp³-hybridized carbons (Fsp3) is 1.00. The monoisotopic (exact) mass is 193 g/mol. The van der Waals surface area contributed by atoms with Crippen LogP contribution >= 0.6 is 0 Å². The minimum Gasteiger partial charge on any atom is -0.327 e. The van der Waals surface area contributed by atoms with Gasteiger partial charge in [-0.2, -0.15) is 0 Å². The minimum absolute atomic E-state index is 0.523. The average Bonchev–Trinajstić information content (AvgIpc) is 2.12. The van der Waals surface area contributed by atoms with Gasteiger partial charge in [0.05, 0.1) is 0 Å². The summed E-state index contributed by atoms with van der Waals surface area (Å²) in [5.41, 5.74) is 7.04. The summed E-state index contributed by atoms with van der Waals surface area (Å²) in [5, 5.41) is 0. The Morgan fingerprint density at radius 1 is 1.07 bits per heavy atom. The summed E-state index contributed by atoms with van der Waals surface area (Å²) >= 11 is 0. The molecule has 0 aromatic rings. The number of nitrogens with two attached hydrogens (primary N) is 1. The molecule has 4 aliphatic carbocycles. The molecule has 0 radical (unpaired) electrons. The topological polar surface area (TPSA) is 26.0 Å². The van der Waals surface area contributed by atoms with Crippen LogP contribution in [-0.2, 0) is 0 Å². The molecule has 0 saturated heterocycles. The Bertz CT molecular complexity index is 232. The second-order valence-corrected chi connectivity index (χ2v) is 6.52. The molecule has 4 rings (SSSR count). The lowest BCUT2D eigenvalue weighted by Crippen LogP contribution is -2.61. The van der Waals surface area contributed by atoms with E-state index < -0.39 is 0 Å². The lowest BCUT2D eigenvalue weighted by Gasteiger charge is -2.62. The summed E-state index contributed by atoms with van der Waals surface area (Å²) in [6.07, 6.45) is 7.31. The van der Waals surface area contributed by atoms with E-state index >= 15 is 0 Å². The van der Waals surface area contributed by atoms with Crippen molar-refractivity contribution in [1.82, 2.24) is 0 Å². The zero-order chi connectivity index (χ0) is 9.92. The summed E-state index contributed by atoms with van der Waals surface area (Å²) in [7, 11) is 0. The molecule has 3 unspecified atom stereocenters. The zero-order valence-electron chi connectivity index (χ0n) is 9.50. The summed E-state index contributed by atoms with van der Waals surface area (Å²) in [6.45, 7) is 4.79. The van der Waals surface area contributed by atoms with Gasteiger partial charge < -0.3 is 5.73 Å². The van der Waals surface area contributed by atoms with Crippen LogP contribution in [-0.4, -0.2) is 6.04 Å². The highest BCUT2D eigenvalue weighted by Crippen LogP contribution is 2.61. The molecule has 2 N–H and O–H groups in total. The molecule has 1 nitrogen and oxygen atoms in total. The maximum Gasteiger partial charge on any atom is 0.0127 e. The Morgan fingerprint density at radius 3 is 2.14 bits per heavy atom. The van der Waals surface area contributed by atoms with Gasteiger partial charge in [0.2, 0.25) is 0 Å². The highest BCUT2D eigenvalue weighted by Gasteiger charge is 2.56. The smallest absolute Gasteiger partial charge is 0.0127 e. The van der Waals surface area contributed by atoms with Gasteiger partial charge in [-0.25, -0.2) is 0 Å². The third kappa shape index (κ3) is 0.997. The first-order valence-electron chi connectivity index (χ1n) is 6.37.